The van der Waals surface area contributed by atoms with Crippen LogP contribution in [0.4, 0.5) is 0 Å². The van der Waals surface area contributed by atoms with Crippen LogP contribution in [0.2, 0.25) is 0 Å². The van der Waals surface area contributed by atoms with Gasteiger partial charge >= 0.3 is 0 Å². The standard InChI is InChI=1S/C11H14O/c12-11-8-3-1-2-7-4-5-9(11)10(7)6-8/h1-2,7-10H,3-6H2/t7-,8+,9+,10-/m1/s1. The third-order valence-corrected chi connectivity index (χ3v) is 4.01. The number of ketones is 1. The zero-order chi connectivity index (χ0) is 8.13. The second-order valence-corrected chi connectivity index (χ2v) is 4.51. The molecule has 0 radical (unpaired) electrons. The summed E-state index contributed by atoms with van der Waals surface area (Å²) in [7, 11) is 0. The van der Waals surface area contributed by atoms with Crippen molar-refractivity contribution in [2.24, 2.45) is 23.7 Å². The van der Waals surface area contributed by atoms with Crippen LogP contribution in [0.1, 0.15) is 25.7 Å². The van der Waals surface area contributed by atoms with Crippen molar-refractivity contribution in [1.82, 2.24) is 0 Å². The van der Waals surface area contributed by atoms with Crippen LogP contribution < -0.4 is 0 Å². The van der Waals surface area contributed by atoms with Crippen molar-refractivity contribution in [3.63, 3.8) is 0 Å². The fourth-order valence-corrected chi connectivity index (χ4v) is 3.41. The van der Waals surface area contributed by atoms with E-state index in [1.165, 1.54) is 19.3 Å². The van der Waals surface area contributed by atoms with Crippen LogP contribution in [0.15, 0.2) is 12.2 Å². The van der Waals surface area contributed by atoms with Crippen molar-refractivity contribution in [3.05, 3.63) is 12.2 Å². The highest BCUT2D eigenvalue weighted by atomic mass is 16.1. The first-order valence-corrected chi connectivity index (χ1v) is 5.06. The molecule has 3 rings (SSSR count). The summed E-state index contributed by atoms with van der Waals surface area (Å²) in [5.74, 6) is 2.95. The maximum atomic E-state index is 11.8. The number of hydrogen-bond donors (Lipinski definition) is 0. The van der Waals surface area contributed by atoms with Crippen molar-refractivity contribution in [1.29, 1.82) is 0 Å². The zero-order valence-electron chi connectivity index (χ0n) is 7.20. The van der Waals surface area contributed by atoms with Crippen molar-refractivity contribution in [2.45, 2.75) is 25.7 Å². The van der Waals surface area contributed by atoms with Crippen LogP contribution >= 0.6 is 0 Å². The minimum atomic E-state index is 0.404. The van der Waals surface area contributed by atoms with Gasteiger partial charge in [-0.05, 0) is 37.5 Å². The molecule has 64 valence electrons. The van der Waals surface area contributed by atoms with Gasteiger partial charge in [0.2, 0.25) is 0 Å². The Balaban J connectivity index is 2.04. The summed E-state index contributed by atoms with van der Waals surface area (Å²) in [5, 5.41) is 0. The lowest BCUT2D eigenvalue weighted by Gasteiger charge is -2.12. The Morgan fingerprint density at radius 1 is 1.33 bits per heavy atom. The molecule has 0 aliphatic heterocycles. The minimum Gasteiger partial charge on any atom is -0.299 e. The monoisotopic (exact) mass is 162 g/mol. The summed E-state index contributed by atoms with van der Waals surface area (Å²) in [6.07, 6.45) is 9.29. The number of Topliss-reactive ketones (excluding diaryl/α,β-unsaturated/α-hetero) is 1. The Hall–Kier alpha value is -0.590. The predicted molar refractivity (Wildman–Crippen MR) is 46.6 cm³/mol. The third kappa shape index (κ3) is 0.720. The molecule has 0 N–H and O–H groups in total. The van der Waals surface area contributed by atoms with E-state index in [1.807, 2.05) is 0 Å². The summed E-state index contributed by atoms with van der Waals surface area (Å²) in [6, 6.07) is 0. The molecule has 0 amide bonds. The molecule has 0 aromatic rings. The molecule has 4 atom stereocenters. The molecule has 2 fully saturated rings. The quantitative estimate of drug-likeness (QED) is 0.499. The van der Waals surface area contributed by atoms with Crippen LogP contribution in [0, 0.1) is 23.7 Å². The number of carbonyl (C=O) groups is 1. The lowest BCUT2D eigenvalue weighted by molar-refractivity contribution is -0.124. The Labute approximate surface area is 72.8 Å². The molecule has 2 saturated carbocycles. The van der Waals surface area contributed by atoms with Gasteiger partial charge in [-0.15, -0.1) is 0 Å². The van der Waals surface area contributed by atoms with E-state index in [1.54, 1.807) is 0 Å². The normalized spacial score (nSPS) is 49.8. The minimum absolute atomic E-state index is 0.404. The molecule has 3 aliphatic rings. The number of carbonyl (C=O) groups excluding carboxylic acids is 1. The van der Waals surface area contributed by atoms with E-state index in [2.05, 4.69) is 12.2 Å². The molecule has 1 heteroatoms. The molecule has 3 aliphatic carbocycles. The van der Waals surface area contributed by atoms with E-state index in [4.69, 9.17) is 0 Å². The fraction of sp³-hybridized carbons (Fsp3) is 0.727. The van der Waals surface area contributed by atoms with E-state index in [9.17, 15) is 4.79 Å². The van der Waals surface area contributed by atoms with Gasteiger partial charge in [-0.1, -0.05) is 12.2 Å². The lowest BCUT2D eigenvalue weighted by Crippen LogP contribution is -2.14. The van der Waals surface area contributed by atoms with Crippen molar-refractivity contribution < 1.29 is 4.79 Å². The van der Waals surface area contributed by atoms with Crippen molar-refractivity contribution in [3.8, 4) is 0 Å². The molecule has 1 nitrogen and oxygen atoms in total. The molecular formula is C11H14O. The van der Waals surface area contributed by atoms with Crippen LogP contribution in [-0.2, 0) is 4.79 Å². The number of hydrogen-bond acceptors (Lipinski definition) is 1. The van der Waals surface area contributed by atoms with Gasteiger partial charge in [0, 0.05) is 11.8 Å². The topological polar surface area (TPSA) is 17.1 Å². The van der Waals surface area contributed by atoms with Gasteiger partial charge in [-0.2, -0.15) is 0 Å². The van der Waals surface area contributed by atoms with Crippen LogP contribution in [0.3, 0.4) is 0 Å². The van der Waals surface area contributed by atoms with Crippen LogP contribution in [-0.4, -0.2) is 5.78 Å². The van der Waals surface area contributed by atoms with Gasteiger partial charge in [0.1, 0.15) is 5.78 Å². The SMILES string of the molecule is O=C1[C@H]2CC=C[C@@H]3CC[C@H]1[C@@H]3C2. The zero-order valence-corrected chi connectivity index (χ0v) is 7.20. The van der Waals surface area contributed by atoms with E-state index in [0.717, 1.165) is 18.3 Å². The molecule has 0 aromatic heterocycles. The Kier molecular flexibility index (Phi) is 1.27. The van der Waals surface area contributed by atoms with E-state index < -0.39 is 0 Å². The average Bonchev–Trinajstić information content (AvgIpc) is 2.51. The van der Waals surface area contributed by atoms with Crippen molar-refractivity contribution >= 4 is 5.78 Å². The van der Waals surface area contributed by atoms with Gasteiger partial charge < -0.3 is 0 Å². The summed E-state index contributed by atoms with van der Waals surface area (Å²) >= 11 is 0. The van der Waals surface area contributed by atoms with Gasteiger partial charge in [-0.25, -0.2) is 0 Å². The van der Waals surface area contributed by atoms with E-state index in [0.29, 0.717) is 17.6 Å². The molecule has 0 heterocycles. The Morgan fingerprint density at radius 2 is 2.25 bits per heavy atom. The summed E-state index contributed by atoms with van der Waals surface area (Å²) in [6.45, 7) is 0. The first-order valence-electron chi connectivity index (χ1n) is 5.06. The third-order valence-electron chi connectivity index (χ3n) is 4.01. The van der Waals surface area contributed by atoms with E-state index in [-0.39, 0.29) is 0 Å². The van der Waals surface area contributed by atoms with Crippen molar-refractivity contribution in [2.75, 3.05) is 0 Å². The number of fused-ring (bicyclic) bond motifs is 1. The smallest absolute Gasteiger partial charge is 0.139 e. The summed E-state index contributed by atoms with van der Waals surface area (Å²) in [4.78, 5) is 11.8. The number of rotatable bonds is 0. The molecule has 0 aromatic carbocycles. The van der Waals surface area contributed by atoms with Crippen LogP contribution in [0.25, 0.3) is 0 Å². The Bertz CT molecular complexity index is 254. The molecule has 0 unspecified atom stereocenters. The summed E-state index contributed by atoms with van der Waals surface area (Å²) < 4.78 is 0. The average molecular weight is 162 g/mol. The van der Waals surface area contributed by atoms with Gasteiger partial charge in [0.25, 0.3) is 0 Å². The highest BCUT2D eigenvalue weighted by Gasteiger charge is 2.48. The first kappa shape index (κ1) is 6.88. The highest BCUT2D eigenvalue weighted by Crippen LogP contribution is 2.50. The molecule has 0 spiro atoms. The van der Waals surface area contributed by atoms with Gasteiger partial charge in [0.15, 0.2) is 0 Å². The fourth-order valence-electron chi connectivity index (χ4n) is 3.41. The molecular weight excluding hydrogens is 148 g/mol. The maximum Gasteiger partial charge on any atom is 0.139 e. The van der Waals surface area contributed by atoms with E-state index >= 15 is 0 Å². The first-order chi connectivity index (χ1) is 5.86. The number of allylic oxidation sites excluding steroid dienone is 2. The van der Waals surface area contributed by atoms with Gasteiger partial charge in [-0.3, -0.25) is 4.79 Å². The Morgan fingerprint density at radius 3 is 3.17 bits per heavy atom. The predicted octanol–water partition coefficient (Wildman–Crippen LogP) is 2.18. The highest BCUT2D eigenvalue weighted by molar-refractivity contribution is 5.86. The molecule has 0 saturated heterocycles. The lowest BCUT2D eigenvalue weighted by atomic mass is 9.92. The molecule has 12 heavy (non-hydrogen) atoms. The molecule has 2 bridgehead atoms. The second-order valence-electron chi connectivity index (χ2n) is 4.51. The van der Waals surface area contributed by atoms with Crippen LogP contribution in [0.5, 0.6) is 0 Å². The van der Waals surface area contributed by atoms with Gasteiger partial charge in [0.05, 0.1) is 0 Å². The summed E-state index contributed by atoms with van der Waals surface area (Å²) in [5.41, 5.74) is 0. The second kappa shape index (κ2) is 2.21. The largest absolute Gasteiger partial charge is 0.299 e. The maximum absolute atomic E-state index is 11.8.